The van der Waals surface area contributed by atoms with Crippen molar-refractivity contribution in [3.8, 4) is 0 Å². The third-order valence-electron chi connectivity index (χ3n) is 1.28. The Balaban J connectivity index is 0.000000186. The molecule has 0 saturated carbocycles. The molecule has 48 valence electrons. The van der Waals surface area contributed by atoms with Gasteiger partial charge in [-0.2, -0.15) is 0 Å². The minimum Gasteiger partial charge on any atom is -0.320 e. The van der Waals surface area contributed by atoms with Gasteiger partial charge in [-0.3, -0.25) is 0 Å². The zero-order valence-corrected chi connectivity index (χ0v) is 4.63. The van der Waals surface area contributed by atoms with Gasteiger partial charge < -0.3 is 5.21 Å². The molecule has 0 aromatic heterocycles. The highest BCUT2D eigenvalue weighted by Gasteiger charge is 2.01. The van der Waals surface area contributed by atoms with Gasteiger partial charge in [-0.1, -0.05) is 12.1 Å². The van der Waals surface area contributed by atoms with E-state index in [0.29, 0.717) is 0 Å². The summed E-state index contributed by atoms with van der Waals surface area (Å²) in [5.41, 5.74) is 0. The molecule has 2 rings (SSSR count). The summed E-state index contributed by atoms with van der Waals surface area (Å²) in [7, 11) is 0. The van der Waals surface area contributed by atoms with Crippen molar-refractivity contribution >= 4 is 0 Å². The van der Waals surface area contributed by atoms with Crippen LogP contribution in [0.1, 0.15) is 0 Å². The molecule has 0 fully saturated rings. The van der Waals surface area contributed by atoms with Crippen LogP contribution in [0.4, 0.5) is 4.39 Å². The van der Waals surface area contributed by atoms with E-state index in [2.05, 4.69) is 5.90 Å². The van der Waals surface area contributed by atoms with Crippen molar-refractivity contribution in [2.45, 2.75) is 0 Å². The fourth-order valence-corrected chi connectivity index (χ4v) is 0.743. The van der Waals surface area contributed by atoms with Crippen LogP contribution < -0.4 is 5.90 Å². The van der Waals surface area contributed by atoms with Gasteiger partial charge in [0.2, 0.25) is 0 Å². The van der Waals surface area contributed by atoms with Gasteiger partial charge in [-0.25, -0.2) is 10.3 Å². The molecule has 0 spiro atoms. The van der Waals surface area contributed by atoms with Crippen LogP contribution in [0.3, 0.4) is 0 Å². The number of rotatable bonds is 0. The fraction of sp³-hybridized carbons (Fsp3) is 0. The molecular formula is C6H6FNO. The van der Waals surface area contributed by atoms with Crippen LogP contribution in [0.15, 0.2) is 18.2 Å². The summed E-state index contributed by atoms with van der Waals surface area (Å²) in [6.07, 6.45) is 0. The molecule has 2 aliphatic carbocycles. The second-order valence-electron chi connectivity index (χ2n) is 1.69. The second kappa shape index (κ2) is 2.13. The fourth-order valence-electron chi connectivity index (χ4n) is 0.743. The minimum atomic E-state index is -0.0579. The summed E-state index contributed by atoms with van der Waals surface area (Å²) >= 11 is 0. The SMILES string of the molecule is Fc1cc2ccc1=2.NO. The number of halogens is 1. The number of benzene rings is 1. The molecule has 0 amide bonds. The van der Waals surface area contributed by atoms with E-state index >= 15 is 0 Å². The zero-order chi connectivity index (χ0) is 6.85. The highest BCUT2D eigenvalue weighted by Crippen LogP contribution is 2.12. The molecule has 0 unspecified atom stereocenters. The molecule has 0 heterocycles. The Labute approximate surface area is 51.0 Å². The maximum Gasteiger partial charge on any atom is 0.131 e. The zero-order valence-electron chi connectivity index (χ0n) is 4.63. The highest BCUT2D eigenvalue weighted by molar-refractivity contribution is 5.24. The maximum absolute atomic E-state index is 12.0. The van der Waals surface area contributed by atoms with E-state index in [0.717, 1.165) is 10.4 Å². The van der Waals surface area contributed by atoms with Crippen molar-refractivity contribution in [3.63, 3.8) is 0 Å². The summed E-state index contributed by atoms with van der Waals surface area (Å²) in [6.45, 7) is 0. The van der Waals surface area contributed by atoms with Crippen molar-refractivity contribution in [1.82, 2.24) is 0 Å². The standard InChI is InChI=1S/C6H3F.H3NO/c7-6-3-4-1-2-5(4)6;1-2/h1-3H;2H,1H2. The average Bonchev–Trinajstić information content (AvgIpc) is 1.87. The average molecular weight is 127 g/mol. The van der Waals surface area contributed by atoms with Crippen molar-refractivity contribution in [1.29, 1.82) is 0 Å². The third-order valence-corrected chi connectivity index (χ3v) is 1.28. The van der Waals surface area contributed by atoms with Crippen LogP contribution >= 0.6 is 0 Å². The van der Waals surface area contributed by atoms with Gasteiger partial charge in [0.05, 0.1) is 0 Å². The molecule has 2 aliphatic rings. The first-order valence-corrected chi connectivity index (χ1v) is 2.44. The lowest BCUT2D eigenvalue weighted by Gasteiger charge is -2.00. The Bertz CT molecular complexity index is 296. The molecular weight excluding hydrogens is 121 g/mol. The van der Waals surface area contributed by atoms with E-state index < -0.39 is 0 Å². The van der Waals surface area contributed by atoms with Crippen molar-refractivity contribution < 1.29 is 9.60 Å². The lowest BCUT2D eigenvalue weighted by molar-refractivity contribution is 0.311. The van der Waals surface area contributed by atoms with E-state index in [9.17, 15) is 4.39 Å². The van der Waals surface area contributed by atoms with Crippen molar-refractivity contribution in [2.75, 3.05) is 0 Å². The quantitative estimate of drug-likeness (QED) is 0.513. The van der Waals surface area contributed by atoms with Crippen molar-refractivity contribution in [3.05, 3.63) is 34.5 Å². The Hall–Kier alpha value is -0.930. The van der Waals surface area contributed by atoms with Gasteiger partial charge in [-0.05, 0) is 11.3 Å². The molecule has 0 bridgehead atoms. The van der Waals surface area contributed by atoms with E-state index in [1.807, 2.05) is 6.07 Å². The molecule has 0 radical (unpaired) electrons. The molecule has 0 saturated heterocycles. The summed E-state index contributed by atoms with van der Waals surface area (Å²) in [4.78, 5) is 0. The first-order chi connectivity index (χ1) is 4.38. The summed E-state index contributed by atoms with van der Waals surface area (Å²) in [6, 6.07) is 5.22. The molecule has 3 N–H and O–H groups in total. The predicted molar refractivity (Wildman–Crippen MR) is 30.0 cm³/mol. The summed E-state index contributed by atoms with van der Waals surface area (Å²) < 4.78 is 12.0. The topological polar surface area (TPSA) is 46.2 Å². The van der Waals surface area contributed by atoms with Crippen LogP contribution in [0, 0.1) is 16.3 Å². The van der Waals surface area contributed by atoms with Crippen LogP contribution in [0.25, 0.3) is 0 Å². The van der Waals surface area contributed by atoms with Gasteiger partial charge in [0, 0.05) is 5.22 Å². The first-order valence-electron chi connectivity index (χ1n) is 2.44. The van der Waals surface area contributed by atoms with Crippen LogP contribution in [-0.4, -0.2) is 5.21 Å². The van der Waals surface area contributed by atoms with Crippen LogP contribution in [-0.2, 0) is 0 Å². The Morgan fingerprint density at radius 2 is 2.00 bits per heavy atom. The smallest absolute Gasteiger partial charge is 0.131 e. The van der Waals surface area contributed by atoms with Crippen LogP contribution in [0.5, 0.6) is 0 Å². The first kappa shape index (κ1) is 6.19. The van der Waals surface area contributed by atoms with Gasteiger partial charge in [-0.15, -0.1) is 0 Å². The number of nitrogens with two attached hydrogens (primary N) is 1. The Kier molecular flexibility index (Phi) is 1.46. The highest BCUT2D eigenvalue weighted by atomic mass is 19.1. The van der Waals surface area contributed by atoms with Crippen molar-refractivity contribution in [2.24, 2.45) is 5.90 Å². The van der Waals surface area contributed by atoms with Crippen LogP contribution in [0.2, 0.25) is 0 Å². The number of hydrogen-bond acceptors (Lipinski definition) is 2. The van der Waals surface area contributed by atoms with E-state index in [4.69, 9.17) is 5.21 Å². The molecule has 2 nitrogen and oxygen atoms in total. The Morgan fingerprint density at radius 1 is 1.33 bits per heavy atom. The molecule has 0 atom stereocenters. The summed E-state index contributed by atoms with van der Waals surface area (Å²) in [5.74, 6) is 3.44. The molecule has 0 aromatic carbocycles. The van der Waals surface area contributed by atoms with Gasteiger partial charge in [0.1, 0.15) is 5.82 Å². The van der Waals surface area contributed by atoms with E-state index in [1.54, 1.807) is 6.07 Å². The van der Waals surface area contributed by atoms with E-state index in [1.165, 1.54) is 6.07 Å². The molecule has 0 aliphatic heterocycles. The molecule has 3 heteroatoms. The molecule has 9 heavy (non-hydrogen) atoms. The Morgan fingerprint density at radius 3 is 2.00 bits per heavy atom. The summed E-state index contributed by atoms with van der Waals surface area (Å²) in [5, 5.41) is 8.37. The predicted octanol–water partition coefficient (Wildman–Crippen LogP) is 0.760. The maximum atomic E-state index is 12.0. The molecule has 0 aromatic rings. The van der Waals surface area contributed by atoms with Gasteiger partial charge in [0.15, 0.2) is 0 Å². The van der Waals surface area contributed by atoms with E-state index in [-0.39, 0.29) is 5.82 Å². The third kappa shape index (κ3) is 0.704. The lowest BCUT2D eigenvalue weighted by Crippen LogP contribution is -1.90. The monoisotopic (exact) mass is 127 g/mol. The normalized spacial score (nSPS) is 9.67. The van der Waals surface area contributed by atoms with Gasteiger partial charge >= 0.3 is 0 Å². The minimum absolute atomic E-state index is 0.0579. The van der Waals surface area contributed by atoms with Gasteiger partial charge in [0.25, 0.3) is 0 Å². The number of hydrogen-bond donors (Lipinski definition) is 2. The second-order valence-corrected chi connectivity index (χ2v) is 1.69. The largest absolute Gasteiger partial charge is 0.320 e. The lowest BCUT2D eigenvalue weighted by atomic mass is 10.1.